The van der Waals surface area contributed by atoms with Crippen molar-refractivity contribution in [2.45, 2.75) is 9.79 Å². The van der Waals surface area contributed by atoms with Crippen LogP contribution < -0.4 is 0 Å². The van der Waals surface area contributed by atoms with Crippen LogP contribution in [-0.2, 0) is 0 Å². The number of aromatic carboxylic acids is 1. The summed E-state index contributed by atoms with van der Waals surface area (Å²) in [6.45, 7) is 0. The molecule has 0 aliphatic carbocycles. The zero-order chi connectivity index (χ0) is 14.0. The first-order valence-corrected chi connectivity index (χ1v) is 6.70. The monoisotopic (exact) mass is 316 g/mol. The summed E-state index contributed by atoms with van der Waals surface area (Å²) in [5.41, 5.74) is -0.0870. The first-order chi connectivity index (χ1) is 8.97. The van der Waals surface area contributed by atoms with Crippen LogP contribution in [0.15, 0.2) is 46.2 Å². The van der Waals surface area contributed by atoms with Crippen molar-refractivity contribution in [1.82, 2.24) is 0 Å². The van der Waals surface area contributed by atoms with Crippen molar-refractivity contribution in [2.24, 2.45) is 0 Å². The summed E-state index contributed by atoms with van der Waals surface area (Å²) < 4.78 is 13.1. The molecule has 0 radical (unpaired) electrons. The molecule has 0 aromatic heterocycles. The molecule has 0 atom stereocenters. The Bertz CT molecular complexity index is 647. The van der Waals surface area contributed by atoms with Crippen LogP contribution >= 0.6 is 35.0 Å². The summed E-state index contributed by atoms with van der Waals surface area (Å²) in [5, 5.41) is 9.84. The van der Waals surface area contributed by atoms with Crippen LogP contribution in [-0.4, -0.2) is 11.1 Å². The lowest BCUT2D eigenvalue weighted by Gasteiger charge is -2.07. The molecule has 6 heteroatoms. The van der Waals surface area contributed by atoms with E-state index < -0.39 is 11.8 Å². The van der Waals surface area contributed by atoms with Crippen LogP contribution in [0.2, 0.25) is 10.0 Å². The molecular weight excluding hydrogens is 310 g/mol. The van der Waals surface area contributed by atoms with Crippen molar-refractivity contribution in [3.8, 4) is 0 Å². The van der Waals surface area contributed by atoms with Crippen LogP contribution in [0.3, 0.4) is 0 Å². The molecule has 2 nitrogen and oxygen atoms in total. The van der Waals surface area contributed by atoms with Crippen molar-refractivity contribution in [3.63, 3.8) is 0 Å². The Labute approximate surface area is 123 Å². The maximum Gasteiger partial charge on any atom is 0.336 e. The summed E-state index contributed by atoms with van der Waals surface area (Å²) in [6.07, 6.45) is 0. The molecule has 0 aliphatic rings. The van der Waals surface area contributed by atoms with Gasteiger partial charge in [-0.15, -0.1) is 0 Å². The van der Waals surface area contributed by atoms with Crippen molar-refractivity contribution in [1.29, 1.82) is 0 Å². The highest BCUT2D eigenvalue weighted by molar-refractivity contribution is 7.99. The summed E-state index contributed by atoms with van der Waals surface area (Å²) in [5.74, 6) is -1.77. The van der Waals surface area contributed by atoms with Gasteiger partial charge in [-0.1, -0.05) is 35.0 Å². The number of halogens is 3. The van der Waals surface area contributed by atoms with Crippen molar-refractivity contribution < 1.29 is 14.3 Å². The molecule has 0 bridgehead atoms. The zero-order valence-electron chi connectivity index (χ0n) is 9.36. The van der Waals surface area contributed by atoms with E-state index in [1.807, 2.05) is 0 Å². The van der Waals surface area contributed by atoms with Gasteiger partial charge in [0.05, 0.1) is 15.6 Å². The minimum atomic E-state index is -1.18. The topological polar surface area (TPSA) is 37.3 Å². The van der Waals surface area contributed by atoms with Gasteiger partial charge >= 0.3 is 5.97 Å². The Morgan fingerprint density at radius 1 is 1.11 bits per heavy atom. The quantitative estimate of drug-likeness (QED) is 0.867. The molecule has 2 aromatic rings. The third kappa shape index (κ3) is 3.41. The van der Waals surface area contributed by atoms with Crippen LogP contribution in [0, 0.1) is 5.82 Å². The molecule has 0 saturated heterocycles. The normalized spacial score (nSPS) is 10.5. The number of hydrogen-bond donors (Lipinski definition) is 1. The van der Waals surface area contributed by atoms with E-state index >= 15 is 0 Å². The number of carbonyl (C=O) groups is 1. The van der Waals surface area contributed by atoms with Gasteiger partial charge in [0.1, 0.15) is 5.82 Å². The third-order valence-electron chi connectivity index (χ3n) is 2.29. The van der Waals surface area contributed by atoms with Gasteiger partial charge in [0, 0.05) is 9.79 Å². The Balaban J connectivity index is 2.37. The first-order valence-electron chi connectivity index (χ1n) is 5.13. The third-order valence-corrected chi connectivity index (χ3v) is 4.10. The van der Waals surface area contributed by atoms with E-state index in [4.69, 9.17) is 28.3 Å². The number of rotatable bonds is 3. The number of hydrogen-bond acceptors (Lipinski definition) is 2. The molecule has 98 valence electrons. The van der Waals surface area contributed by atoms with E-state index in [0.29, 0.717) is 14.9 Å². The van der Waals surface area contributed by atoms with Gasteiger partial charge in [-0.3, -0.25) is 0 Å². The molecule has 0 amide bonds. The van der Waals surface area contributed by atoms with E-state index in [1.54, 1.807) is 18.2 Å². The van der Waals surface area contributed by atoms with E-state index in [-0.39, 0.29) is 5.56 Å². The SMILES string of the molecule is O=C(O)c1cc(F)ccc1Sc1ccc(Cl)c(Cl)c1. The average Bonchev–Trinajstić information content (AvgIpc) is 2.36. The van der Waals surface area contributed by atoms with Gasteiger partial charge in [-0.05, 0) is 36.4 Å². The van der Waals surface area contributed by atoms with Crippen molar-refractivity contribution in [2.75, 3.05) is 0 Å². The molecule has 0 unspecified atom stereocenters. The summed E-state index contributed by atoms with van der Waals surface area (Å²) in [4.78, 5) is 12.2. The summed E-state index contributed by atoms with van der Waals surface area (Å²) >= 11 is 12.9. The van der Waals surface area contributed by atoms with Crippen LogP contribution in [0.1, 0.15) is 10.4 Å². The van der Waals surface area contributed by atoms with Gasteiger partial charge in [0.25, 0.3) is 0 Å². The number of benzene rings is 2. The van der Waals surface area contributed by atoms with Gasteiger partial charge in [0.2, 0.25) is 0 Å². The molecule has 1 N–H and O–H groups in total. The second-order valence-electron chi connectivity index (χ2n) is 3.62. The van der Waals surface area contributed by atoms with Crippen LogP contribution in [0.5, 0.6) is 0 Å². The fourth-order valence-corrected chi connectivity index (χ4v) is 2.75. The molecule has 2 aromatic carbocycles. The fourth-order valence-electron chi connectivity index (χ4n) is 1.43. The predicted molar refractivity (Wildman–Crippen MR) is 73.9 cm³/mol. The second-order valence-corrected chi connectivity index (χ2v) is 5.55. The van der Waals surface area contributed by atoms with Gasteiger partial charge in [0.15, 0.2) is 0 Å². The molecule has 19 heavy (non-hydrogen) atoms. The molecule has 2 rings (SSSR count). The highest BCUT2D eigenvalue weighted by Gasteiger charge is 2.13. The lowest BCUT2D eigenvalue weighted by molar-refractivity contribution is 0.0692. The maximum atomic E-state index is 13.1. The Morgan fingerprint density at radius 2 is 1.84 bits per heavy atom. The Morgan fingerprint density at radius 3 is 2.47 bits per heavy atom. The van der Waals surface area contributed by atoms with E-state index in [1.165, 1.54) is 23.9 Å². The number of carboxylic acids is 1. The maximum absolute atomic E-state index is 13.1. The number of carboxylic acid groups (broad SMARTS) is 1. The summed E-state index contributed by atoms with van der Waals surface area (Å²) in [6, 6.07) is 8.59. The highest BCUT2D eigenvalue weighted by Crippen LogP contribution is 2.34. The lowest BCUT2D eigenvalue weighted by atomic mass is 10.2. The average molecular weight is 317 g/mol. The molecule has 0 heterocycles. The highest BCUT2D eigenvalue weighted by atomic mass is 35.5. The van der Waals surface area contributed by atoms with Crippen molar-refractivity contribution in [3.05, 3.63) is 57.8 Å². The minimum absolute atomic E-state index is 0.0870. The van der Waals surface area contributed by atoms with E-state index in [2.05, 4.69) is 0 Å². The molecule has 0 fully saturated rings. The zero-order valence-corrected chi connectivity index (χ0v) is 11.7. The van der Waals surface area contributed by atoms with Gasteiger partial charge in [-0.2, -0.15) is 0 Å². The van der Waals surface area contributed by atoms with Gasteiger partial charge in [-0.25, -0.2) is 9.18 Å². The minimum Gasteiger partial charge on any atom is -0.478 e. The van der Waals surface area contributed by atoms with E-state index in [0.717, 1.165) is 11.0 Å². The molecule has 0 aliphatic heterocycles. The van der Waals surface area contributed by atoms with Crippen molar-refractivity contribution >= 4 is 40.9 Å². The standard InChI is InChI=1S/C13H7Cl2FO2S/c14-10-3-2-8(6-11(10)15)19-12-4-1-7(16)5-9(12)13(17)18/h1-6H,(H,17,18). The molecular formula is C13H7Cl2FO2S. The molecule has 0 saturated carbocycles. The Hall–Kier alpha value is -1.23. The smallest absolute Gasteiger partial charge is 0.336 e. The van der Waals surface area contributed by atoms with E-state index in [9.17, 15) is 9.18 Å². The predicted octanol–water partition coefficient (Wildman–Crippen LogP) is 4.98. The fraction of sp³-hybridized carbons (Fsp3) is 0. The molecule has 0 spiro atoms. The van der Waals surface area contributed by atoms with Gasteiger partial charge < -0.3 is 5.11 Å². The second kappa shape index (κ2) is 5.82. The summed E-state index contributed by atoms with van der Waals surface area (Å²) in [7, 11) is 0. The lowest BCUT2D eigenvalue weighted by Crippen LogP contribution is -1.99. The van der Waals surface area contributed by atoms with Crippen LogP contribution in [0.25, 0.3) is 0 Å². The van der Waals surface area contributed by atoms with Crippen LogP contribution in [0.4, 0.5) is 4.39 Å². The first kappa shape index (κ1) is 14.2. The Kier molecular flexibility index (Phi) is 4.34. The largest absolute Gasteiger partial charge is 0.478 e.